The number of benzene rings is 1. The van der Waals surface area contributed by atoms with Gasteiger partial charge in [0.05, 0.1) is 38.1 Å². The van der Waals surface area contributed by atoms with Crippen molar-refractivity contribution in [3.05, 3.63) is 53.9 Å². The second-order valence-corrected chi connectivity index (χ2v) is 5.10. The van der Waals surface area contributed by atoms with Crippen LogP contribution >= 0.6 is 0 Å². The van der Waals surface area contributed by atoms with Crippen molar-refractivity contribution in [1.82, 2.24) is 14.7 Å². The SMILES string of the molecule is C(#Cc1cnn(Cc2ccccc2)c1)CN1CCOCC1. The molecule has 1 aliphatic rings. The van der Waals surface area contributed by atoms with Crippen molar-refractivity contribution < 1.29 is 4.74 Å². The fraction of sp³-hybridized carbons (Fsp3) is 0.353. The monoisotopic (exact) mass is 281 g/mol. The largest absolute Gasteiger partial charge is 0.379 e. The molecule has 4 nitrogen and oxygen atoms in total. The van der Waals surface area contributed by atoms with Gasteiger partial charge in [0.15, 0.2) is 0 Å². The van der Waals surface area contributed by atoms with Gasteiger partial charge < -0.3 is 4.74 Å². The van der Waals surface area contributed by atoms with Crippen LogP contribution in [-0.2, 0) is 11.3 Å². The fourth-order valence-corrected chi connectivity index (χ4v) is 2.30. The summed E-state index contributed by atoms with van der Waals surface area (Å²) in [4.78, 5) is 2.31. The van der Waals surface area contributed by atoms with Crippen molar-refractivity contribution in [3.63, 3.8) is 0 Å². The van der Waals surface area contributed by atoms with Crippen molar-refractivity contribution in [1.29, 1.82) is 0 Å². The van der Waals surface area contributed by atoms with E-state index in [9.17, 15) is 0 Å². The van der Waals surface area contributed by atoms with E-state index in [-0.39, 0.29) is 0 Å². The van der Waals surface area contributed by atoms with Crippen LogP contribution in [0.15, 0.2) is 42.7 Å². The maximum absolute atomic E-state index is 5.32. The minimum absolute atomic E-state index is 0.784. The minimum atomic E-state index is 0.784. The number of nitrogens with zero attached hydrogens (tertiary/aromatic N) is 3. The van der Waals surface area contributed by atoms with Crippen LogP contribution in [0.3, 0.4) is 0 Å². The topological polar surface area (TPSA) is 30.3 Å². The number of hydrogen-bond acceptors (Lipinski definition) is 3. The van der Waals surface area contributed by atoms with Crippen LogP contribution < -0.4 is 0 Å². The summed E-state index contributed by atoms with van der Waals surface area (Å²) >= 11 is 0. The lowest BCUT2D eigenvalue weighted by molar-refractivity contribution is 0.0443. The van der Waals surface area contributed by atoms with Gasteiger partial charge in [0.2, 0.25) is 0 Å². The lowest BCUT2D eigenvalue weighted by Crippen LogP contribution is -2.36. The van der Waals surface area contributed by atoms with E-state index in [4.69, 9.17) is 4.74 Å². The third-order valence-electron chi connectivity index (χ3n) is 3.46. The zero-order valence-electron chi connectivity index (χ0n) is 12.0. The molecule has 1 aromatic heterocycles. The van der Waals surface area contributed by atoms with Crippen molar-refractivity contribution in [2.45, 2.75) is 6.54 Å². The molecule has 1 fully saturated rings. The van der Waals surface area contributed by atoms with Crippen LogP contribution in [-0.4, -0.2) is 47.5 Å². The second-order valence-electron chi connectivity index (χ2n) is 5.10. The van der Waals surface area contributed by atoms with Crippen molar-refractivity contribution in [3.8, 4) is 11.8 Å². The number of morpholine rings is 1. The average Bonchev–Trinajstić information content (AvgIpc) is 2.97. The van der Waals surface area contributed by atoms with Crippen LogP contribution in [0.2, 0.25) is 0 Å². The molecule has 0 unspecified atom stereocenters. The van der Waals surface area contributed by atoms with Crippen molar-refractivity contribution in [2.75, 3.05) is 32.8 Å². The Balaban J connectivity index is 1.55. The van der Waals surface area contributed by atoms with Gasteiger partial charge in [-0.3, -0.25) is 9.58 Å². The summed E-state index contributed by atoms with van der Waals surface area (Å²) in [5.41, 5.74) is 2.22. The summed E-state index contributed by atoms with van der Waals surface area (Å²) in [5.74, 6) is 6.40. The van der Waals surface area contributed by atoms with Gasteiger partial charge in [-0.1, -0.05) is 42.2 Å². The first-order valence-corrected chi connectivity index (χ1v) is 7.25. The highest BCUT2D eigenvalue weighted by molar-refractivity contribution is 5.30. The van der Waals surface area contributed by atoms with Crippen LogP contribution in [0.1, 0.15) is 11.1 Å². The maximum Gasteiger partial charge on any atom is 0.0659 e. The molecule has 21 heavy (non-hydrogen) atoms. The highest BCUT2D eigenvalue weighted by Crippen LogP contribution is 2.03. The van der Waals surface area contributed by atoms with Crippen LogP contribution in [0.4, 0.5) is 0 Å². The predicted molar refractivity (Wildman–Crippen MR) is 81.9 cm³/mol. The molecule has 1 saturated heterocycles. The van der Waals surface area contributed by atoms with Gasteiger partial charge >= 0.3 is 0 Å². The smallest absolute Gasteiger partial charge is 0.0659 e. The average molecular weight is 281 g/mol. The molecular weight excluding hydrogens is 262 g/mol. The second kappa shape index (κ2) is 7.07. The Morgan fingerprint density at radius 3 is 2.76 bits per heavy atom. The lowest BCUT2D eigenvalue weighted by Gasteiger charge is -2.24. The molecule has 1 aliphatic heterocycles. The Bertz CT molecular complexity index is 618. The molecule has 0 spiro atoms. The summed E-state index contributed by atoms with van der Waals surface area (Å²) in [6.45, 7) is 5.16. The summed E-state index contributed by atoms with van der Waals surface area (Å²) in [6, 6.07) is 10.3. The van der Waals surface area contributed by atoms with Gasteiger partial charge in [0, 0.05) is 19.3 Å². The van der Waals surface area contributed by atoms with Crippen molar-refractivity contribution in [2.24, 2.45) is 0 Å². The van der Waals surface area contributed by atoms with E-state index in [1.807, 2.05) is 35.3 Å². The Morgan fingerprint density at radius 2 is 1.95 bits per heavy atom. The van der Waals surface area contributed by atoms with E-state index in [1.54, 1.807) is 0 Å². The fourth-order valence-electron chi connectivity index (χ4n) is 2.30. The molecular formula is C17H19N3O. The zero-order valence-corrected chi connectivity index (χ0v) is 12.0. The van der Waals surface area contributed by atoms with Gasteiger partial charge in [-0.05, 0) is 5.56 Å². The Labute approximate surface area is 125 Å². The summed E-state index contributed by atoms with van der Waals surface area (Å²) in [5, 5.41) is 4.36. The lowest BCUT2D eigenvalue weighted by atomic mass is 10.2. The molecule has 3 rings (SSSR count). The van der Waals surface area contributed by atoms with E-state index in [0.717, 1.165) is 45.0 Å². The van der Waals surface area contributed by atoms with Gasteiger partial charge in [-0.15, -0.1) is 0 Å². The molecule has 0 N–H and O–H groups in total. The summed E-state index contributed by atoms with van der Waals surface area (Å²) in [6.07, 6.45) is 3.83. The third kappa shape index (κ3) is 4.19. The summed E-state index contributed by atoms with van der Waals surface area (Å²) < 4.78 is 7.25. The molecule has 4 heteroatoms. The molecule has 108 valence electrons. The number of hydrogen-bond donors (Lipinski definition) is 0. The highest BCUT2D eigenvalue weighted by atomic mass is 16.5. The Morgan fingerprint density at radius 1 is 1.14 bits per heavy atom. The Hall–Kier alpha value is -2.09. The summed E-state index contributed by atoms with van der Waals surface area (Å²) in [7, 11) is 0. The molecule has 0 amide bonds. The number of aromatic nitrogens is 2. The van der Waals surface area contributed by atoms with Gasteiger partial charge in [0.25, 0.3) is 0 Å². The van der Waals surface area contributed by atoms with Crippen LogP contribution in [0.25, 0.3) is 0 Å². The van der Waals surface area contributed by atoms with E-state index in [1.165, 1.54) is 5.56 Å². The molecule has 0 saturated carbocycles. The van der Waals surface area contributed by atoms with Crippen LogP contribution in [0, 0.1) is 11.8 Å². The molecule has 2 aromatic rings. The van der Waals surface area contributed by atoms with E-state index >= 15 is 0 Å². The first kappa shape index (κ1) is 13.9. The Kier molecular flexibility index (Phi) is 4.67. The van der Waals surface area contributed by atoms with Crippen LogP contribution in [0.5, 0.6) is 0 Å². The number of rotatable bonds is 3. The molecule has 0 bridgehead atoms. The maximum atomic E-state index is 5.32. The minimum Gasteiger partial charge on any atom is -0.379 e. The van der Waals surface area contributed by atoms with E-state index in [2.05, 4.69) is 34.0 Å². The molecule has 0 atom stereocenters. The first-order valence-electron chi connectivity index (χ1n) is 7.25. The van der Waals surface area contributed by atoms with Crippen molar-refractivity contribution >= 4 is 0 Å². The van der Waals surface area contributed by atoms with Gasteiger partial charge in [-0.25, -0.2) is 0 Å². The standard InChI is InChI=1S/C17H19N3O/c1-2-5-16(6-3-1)14-20-15-17(13-18-20)7-4-8-19-9-11-21-12-10-19/h1-3,5-6,13,15H,8-12,14H2. The molecule has 0 radical (unpaired) electrons. The van der Waals surface area contributed by atoms with E-state index in [0.29, 0.717) is 0 Å². The molecule has 0 aliphatic carbocycles. The first-order chi connectivity index (χ1) is 10.4. The molecule has 1 aromatic carbocycles. The third-order valence-corrected chi connectivity index (χ3v) is 3.46. The van der Waals surface area contributed by atoms with Gasteiger partial charge in [0.1, 0.15) is 0 Å². The normalized spacial score (nSPS) is 15.4. The van der Waals surface area contributed by atoms with E-state index < -0.39 is 0 Å². The predicted octanol–water partition coefficient (Wildman–Crippen LogP) is 1.62. The quantitative estimate of drug-likeness (QED) is 0.801. The highest BCUT2D eigenvalue weighted by Gasteiger charge is 2.07. The van der Waals surface area contributed by atoms with Gasteiger partial charge in [-0.2, -0.15) is 5.10 Å². The zero-order chi connectivity index (χ0) is 14.3. The molecule has 2 heterocycles. The number of ether oxygens (including phenoxy) is 1.